The summed E-state index contributed by atoms with van der Waals surface area (Å²) in [6, 6.07) is 12.6. The highest BCUT2D eigenvalue weighted by molar-refractivity contribution is 5.93. The SMILES string of the molecule is Cc1cc(C(=O)N2CCN(c3cccc(C(F)(F)F)c3)CC2)n(-c2ccc(F)cc2)n1. The molecule has 0 saturated carbocycles. The minimum Gasteiger partial charge on any atom is -0.368 e. The van der Waals surface area contributed by atoms with Gasteiger partial charge >= 0.3 is 6.18 Å². The van der Waals surface area contributed by atoms with Crippen LogP contribution in [0.2, 0.25) is 0 Å². The summed E-state index contributed by atoms with van der Waals surface area (Å²) in [5.74, 6) is -0.611. The summed E-state index contributed by atoms with van der Waals surface area (Å²) >= 11 is 0. The molecule has 31 heavy (non-hydrogen) atoms. The molecular formula is C22H20F4N4O. The van der Waals surface area contributed by atoms with Gasteiger partial charge in [0, 0.05) is 31.9 Å². The third kappa shape index (κ3) is 4.40. The lowest BCUT2D eigenvalue weighted by molar-refractivity contribution is -0.137. The molecule has 2 heterocycles. The Bertz CT molecular complexity index is 1080. The van der Waals surface area contributed by atoms with Crippen LogP contribution in [0.5, 0.6) is 0 Å². The molecule has 1 amide bonds. The molecule has 4 rings (SSSR count). The van der Waals surface area contributed by atoms with Gasteiger partial charge in [0.25, 0.3) is 5.91 Å². The Morgan fingerprint density at radius 3 is 2.26 bits per heavy atom. The van der Waals surface area contributed by atoms with Gasteiger partial charge in [0.2, 0.25) is 0 Å². The molecule has 5 nitrogen and oxygen atoms in total. The van der Waals surface area contributed by atoms with E-state index in [9.17, 15) is 22.4 Å². The number of nitrogens with zero attached hydrogens (tertiary/aromatic N) is 4. The molecule has 9 heteroatoms. The Morgan fingerprint density at radius 2 is 1.61 bits per heavy atom. The summed E-state index contributed by atoms with van der Waals surface area (Å²) < 4.78 is 53.7. The number of carbonyl (C=O) groups excluding carboxylic acids is 1. The number of benzene rings is 2. The van der Waals surface area contributed by atoms with Crippen LogP contribution in [-0.2, 0) is 6.18 Å². The molecule has 0 radical (unpaired) electrons. The number of hydrogen-bond acceptors (Lipinski definition) is 3. The first-order valence-electron chi connectivity index (χ1n) is 9.76. The van der Waals surface area contributed by atoms with Crippen molar-refractivity contribution in [3.63, 3.8) is 0 Å². The maximum atomic E-state index is 13.3. The largest absolute Gasteiger partial charge is 0.416 e. The molecule has 1 aliphatic heterocycles. The Hall–Kier alpha value is -3.36. The van der Waals surface area contributed by atoms with Crippen molar-refractivity contribution in [1.82, 2.24) is 14.7 Å². The van der Waals surface area contributed by atoms with Crippen molar-refractivity contribution in [2.24, 2.45) is 0 Å². The normalized spacial score (nSPS) is 14.7. The fourth-order valence-corrected chi connectivity index (χ4v) is 3.64. The zero-order chi connectivity index (χ0) is 22.2. The van der Waals surface area contributed by atoms with Gasteiger partial charge in [-0.05, 0) is 55.5 Å². The van der Waals surface area contributed by atoms with Crippen LogP contribution in [0.15, 0.2) is 54.6 Å². The minimum absolute atomic E-state index is 0.228. The molecule has 1 aromatic heterocycles. The zero-order valence-corrected chi connectivity index (χ0v) is 16.7. The third-order valence-corrected chi connectivity index (χ3v) is 5.23. The van der Waals surface area contributed by atoms with E-state index in [1.807, 2.05) is 4.90 Å². The molecular weight excluding hydrogens is 412 g/mol. The van der Waals surface area contributed by atoms with Crippen molar-refractivity contribution < 1.29 is 22.4 Å². The Morgan fingerprint density at radius 1 is 0.935 bits per heavy atom. The van der Waals surface area contributed by atoms with E-state index in [2.05, 4.69) is 5.10 Å². The van der Waals surface area contributed by atoms with Gasteiger partial charge in [-0.1, -0.05) is 6.07 Å². The summed E-state index contributed by atoms with van der Waals surface area (Å²) in [5, 5.41) is 4.35. The summed E-state index contributed by atoms with van der Waals surface area (Å²) in [7, 11) is 0. The molecule has 0 atom stereocenters. The molecule has 0 spiro atoms. The monoisotopic (exact) mass is 432 g/mol. The second-order valence-electron chi connectivity index (χ2n) is 7.39. The highest BCUT2D eigenvalue weighted by atomic mass is 19.4. The number of anilines is 1. The van der Waals surface area contributed by atoms with E-state index in [4.69, 9.17) is 0 Å². The van der Waals surface area contributed by atoms with Gasteiger partial charge in [-0.15, -0.1) is 0 Å². The number of piperazine rings is 1. The van der Waals surface area contributed by atoms with Gasteiger partial charge in [0.05, 0.1) is 16.9 Å². The van der Waals surface area contributed by atoms with Gasteiger partial charge < -0.3 is 9.80 Å². The third-order valence-electron chi connectivity index (χ3n) is 5.23. The van der Waals surface area contributed by atoms with Crippen molar-refractivity contribution in [2.45, 2.75) is 13.1 Å². The van der Waals surface area contributed by atoms with Crippen LogP contribution >= 0.6 is 0 Å². The van der Waals surface area contributed by atoms with Crippen molar-refractivity contribution in [3.8, 4) is 5.69 Å². The molecule has 1 saturated heterocycles. The van der Waals surface area contributed by atoms with E-state index in [1.165, 1.54) is 22.9 Å². The molecule has 0 bridgehead atoms. The highest BCUT2D eigenvalue weighted by Gasteiger charge is 2.31. The second-order valence-corrected chi connectivity index (χ2v) is 7.39. The van der Waals surface area contributed by atoms with Gasteiger partial charge in [-0.2, -0.15) is 18.3 Å². The summed E-state index contributed by atoms with van der Waals surface area (Å²) in [6.45, 7) is 3.32. The molecule has 1 aliphatic rings. The van der Waals surface area contributed by atoms with Crippen LogP contribution in [0.3, 0.4) is 0 Å². The lowest BCUT2D eigenvalue weighted by Gasteiger charge is -2.36. The van der Waals surface area contributed by atoms with Crippen molar-refractivity contribution in [3.05, 3.63) is 77.4 Å². The predicted molar refractivity (Wildman–Crippen MR) is 108 cm³/mol. The van der Waals surface area contributed by atoms with Crippen molar-refractivity contribution in [1.29, 1.82) is 0 Å². The first-order valence-corrected chi connectivity index (χ1v) is 9.76. The lowest BCUT2D eigenvalue weighted by Crippen LogP contribution is -2.49. The summed E-state index contributed by atoms with van der Waals surface area (Å²) in [6.07, 6.45) is -4.40. The molecule has 3 aromatic rings. The van der Waals surface area contributed by atoms with Gasteiger partial charge in [0.15, 0.2) is 0 Å². The van der Waals surface area contributed by atoms with E-state index < -0.39 is 11.7 Å². The zero-order valence-electron chi connectivity index (χ0n) is 16.7. The van der Waals surface area contributed by atoms with Crippen molar-refractivity contribution in [2.75, 3.05) is 31.1 Å². The van der Waals surface area contributed by atoms with E-state index in [1.54, 1.807) is 36.1 Å². The number of aromatic nitrogens is 2. The first kappa shape index (κ1) is 20.9. The van der Waals surface area contributed by atoms with Gasteiger partial charge in [0.1, 0.15) is 11.5 Å². The summed E-state index contributed by atoms with van der Waals surface area (Å²) in [5.41, 5.74) is 1.36. The molecule has 0 unspecified atom stereocenters. The molecule has 0 aliphatic carbocycles. The highest BCUT2D eigenvalue weighted by Crippen LogP contribution is 2.32. The maximum absolute atomic E-state index is 13.3. The average Bonchev–Trinajstić information content (AvgIpc) is 3.15. The summed E-state index contributed by atoms with van der Waals surface area (Å²) in [4.78, 5) is 16.6. The van der Waals surface area contributed by atoms with Crippen molar-refractivity contribution >= 4 is 11.6 Å². The average molecular weight is 432 g/mol. The number of amides is 1. The molecule has 0 N–H and O–H groups in total. The van der Waals surface area contributed by atoms with Crippen LogP contribution < -0.4 is 4.90 Å². The minimum atomic E-state index is -4.40. The Labute approximate surface area is 176 Å². The lowest BCUT2D eigenvalue weighted by atomic mass is 10.1. The van der Waals surface area contributed by atoms with Gasteiger partial charge in [-0.3, -0.25) is 4.79 Å². The molecule has 2 aromatic carbocycles. The van der Waals surface area contributed by atoms with E-state index in [-0.39, 0.29) is 11.7 Å². The standard InChI is InChI=1S/C22H20F4N4O/c1-15-13-20(30(27-15)18-7-5-17(23)6-8-18)21(31)29-11-9-28(10-12-29)19-4-2-3-16(14-19)22(24,25)26/h2-8,13-14H,9-12H2,1H3. The van der Waals surface area contributed by atoms with Crippen LogP contribution in [-0.4, -0.2) is 46.8 Å². The van der Waals surface area contributed by atoms with Crippen LogP contribution in [0.1, 0.15) is 21.7 Å². The van der Waals surface area contributed by atoms with E-state index in [0.29, 0.717) is 48.9 Å². The fourth-order valence-electron chi connectivity index (χ4n) is 3.64. The molecule has 1 fully saturated rings. The smallest absolute Gasteiger partial charge is 0.368 e. The van der Waals surface area contributed by atoms with E-state index in [0.717, 1.165) is 12.1 Å². The number of aryl methyl sites for hydroxylation is 1. The van der Waals surface area contributed by atoms with E-state index >= 15 is 0 Å². The Balaban J connectivity index is 1.49. The Kier molecular flexibility index (Phi) is 5.43. The number of hydrogen-bond donors (Lipinski definition) is 0. The van der Waals surface area contributed by atoms with Crippen LogP contribution in [0, 0.1) is 12.7 Å². The van der Waals surface area contributed by atoms with Crippen LogP contribution in [0.4, 0.5) is 23.2 Å². The topological polar surface area (TPSA) is 41.4 Å². The fraction of sp³-hybridized carbons (Fsp3) is 0.273. The second kappa shape index (κ2) is 8.05. The maximum Gasteiger partial charge on any atom is 0.416 e. The number of carbonyl (C=O) groups is 1. The first-order chi connectivity index (χ1) is 14.7. The quantitative estimate of drug-likeness (QED) is 0.580. The number of rotatable bonds is 3. The number of alkyl halides is 3. The number of halogens is 4. The van der Waals surface area contributed by atoms with Crippen LogP contribution in [0.25, 0.3) is 5.69 Å². The van der Waals surface area contributed by atoms with Gasteiger partial charge in [-0.25, -0.2) is 9.07 Å². The predicted octanol–water partition coefficient (Wildman–Crippen LogP) is 4.30. The molecule has 162 valence electrons.